The topological polar surface area (TPSA) is 52.1 Å². The number of aliphatic imine (C=N–C) groups is 1. The van der Waals surface area contributed by atoms with Crippen molar-refractivity contribution in [1.29, 1.82) is 0 Å². The molecule has 1 rings (SSSR count). The number of nitrogens with one attached hydrogen (secondary N) is 2. The van der Waals surface area contributed by atoms with Gasteiger partial charge in [-0.25, -0.2) is 0 Å². The van der Waals surface area contributed by atoms with Crippen LogP contribution in [0.2, 0.25) is 0 Å². The van der Waals surface area contributed by atoms with E-state index in [2.05, 4.69) is 39.3 Å². The molecule has 22 heavy (non-hydrogen) atoms. The lowest BCUT2D eigenvalue weighted by molar-refractivity contribution is 0.139. The van der Waals surface area contributed by atoms with E-state index in [-0.39, 0.29) is 0 Å². The molecule has 1 saturated heterocycles. The SMILES string of the molecule is CCNC(=NCCCOCC)NCCN1CCN(CC)CC1. The van der Waals surface area contributed by atoms with Crippen molar-refractivity contribution >= 4 is 5.96 Å². The van der Waals surface area contributed by atoms with Crippen LogP contribution in [0, 0.1) is 0 Å². The summed E-state index contributed by atoms with van der Waals surface area (Å²) in [6, 6.07) is 0. The number of likely N-dealkylation sites (N-methyl/N-ethyl adjacent to an activating group) is 1. The first-order valence-corrected chi connectivity index (χ1v) is 8.84. The molecule has 130 valence electrons. The van der Waals surface area contributed by atoms with E-state index in [1.54, 1.807) is 0 Å². The van der Waals surface area contributed by atoms with Crippen molar-refractivity contribution in [2.75, 3.05) is 72.1 Å². The third kappa shape index (κ3) is 8.56. The minimum atomic E-state index is 0.785. The van der Waals surface area contributed by atoms with Gasteiger partial charge in [0.25, 0.3) is 0 Å². The largest absolute Gasteiger partial charge is 0.382 e. The van der Waals surface area contributed by atoms with Gasteiger partial charge in [-0.3, -0.25) is 9.89 Å². The van der Waals surface area contributed by atoms with E-state index in [4.69, 9.17) is 4.74 Å². The van der Waals surface area contributed by atoms with Crippen LogP contribution in [-0.4, -0.2) is 87.9 Å². The minimum Gasteiger partial charge on any atom is -0.382 e. The van der Waals surface area contributed by atoms with Crippen LogP contribution >= 0.6 is 0 Å². The molecule has 0 aliphatic carbocycles. The summed E-state index contributed by atoms with van der Waals surface area (Å²) >= 11 is 0. The number of ether oxygens (including phenoxy) is 1. The fraction of sp³-hybridized carbons (Fsp3) is 0.938. The van der Waals surface area contributed by atoms with Gasteiger partial charge < -0.3 is 20.3 Å². The molecule has 0 saturated carbocycles. The summed E-state index contributed by atoms with van der Waals surface area (Å²) in [7, 11) is 0. The Labute approximate surface area is 136 Å². The maximum Gasteiger partial charge on any atom is 0.191 e. The lowest BCUT2D eigenvalue weighted by Crippen LogP contribution is -2.49. The van der Waals surface area contributed by atoms with Crippen LogP contribution in [0.1, 0.15) is 27.2 Å². The van der Waals surface area contributed by atoms with Gasteiger partial charge in [-0.15, -0.1) is 0 Å². The molecule has 1 aliphatic heterocycles. The molecule has 0 bridgehead atoms. The van der Waals surface area contributed by atoms with E-state index in [1.165, 1.54) is 32.7 Å². The molecular weight excluding hydrogens is 278 g/mol. The fourth-order valence-electron chi connectivity index (χ4n) is 2.51. The monoisotopic (exact) mass is 313 g/mol. The van der Waals surface area contributed by atoms with Crippen molar-refractivity contribution in [3.05, 3.63) is 0 Å². The van der Waals surface area contributed by atoms with Gasteiger partial charge in [0.1, 0.15) is 0 Å². The molecule has 0 aromatic heterocycles. The van der Waals surface area contributed by atoms with E-state index in [1.807, 2.05) is 6.92 Å². The van der Waals surface area contributed by atoms with E-state index >= 15 is 0 Å². The molecule has 6 nitrogen and oxygen atoms in total. The zero-order valence-corrected chi connectivity index (χ0v) is 14.7. The second kappa shape index (κ2) is 12.7. The van der Waals surface area contributed by atoms with Crippen LogP contribution < -0.4 is 10.6 Å². The van der Waals surface area contributed by atoms with Gasteiger partial charge in [0.15, 0.2) is 5.96 Å². The molecule has 0 radical (unpaired) electrons. The van der Waals surface area contributed by atoms with Crippen molar-refractivity contribution < 1.29 is 4.74 Å². The van der Waals surface area contributed by atoms with Crippen LogP contribution in [0.4, 0.5) is 0 Å². The predicted molar refractivity (Wildman–Crippen MR) is 93.6 cm³/mol. The molecule has 2 N–H and O–H groups in total. The quantitative estimate of drug-likeness (QED) is 0.351. The summed E-state index contributed by atoms with van der Waals surface area (Å²) < 4.78 is 5.33. The van der Waals surface area contributed by atoms with Gasteiger partial charge in [-0.05, 0) is 26.8 Å². The Morgan fingerprint density at radius 2 is 1.77 bits per heavy atom. The van der Waals surface area contributed by atoms with Crippen molar-refractivity contribution in [1.82, 2.24) is 20.4 Å². The molecule has 0 amide bonds. The second-order valence-electron chi connectivity index (χ2n) is 5.51. The zero-order valence-electron chi connectivity index (χ0n) is 14.7. The van der Waals surface area contributed by atoms with Crippen LogP contribution in [0.15, 0.2) is 4.99 Å². The molecule has 0 atom stereocenters. The number of piperazine rings is 1. The molecule has 0 aromatic rings. The smallest absolute Gasteiger partial charge is 0.191 e. The Morgan fingerprint density at radius 1 is 1.05 bits per heavy atom. The highest BCUT2D eigenvalue weighted by molar-refractivity contribution is 5.79. The number of hydrogen-bond donors (Lipinski definition) is 2. The van der Waals surface area contributed by atoms with Crippen molar-refractivity contribution in [2.24, 2.45) is 4.99 Å². The molecule has 1 heterocycles. The Bertz CT molecular complexity index is 290. The maximum atomic E-state index is 5.33. The maximum absolute atomic E-state index is 5.33. The van der Waals surface area contributed by atoms with Gasteiger partial charge >= 0.3 is 0 Å². The minimum absolute atomic E-state index is 0.785. The lowest BCUT2D eigenvalue weighted by atomic mass is 10.3. The van der Waals surface area contributed by atoms with Gasteiger partial charge in [0.2, 0.25) is 0 Å². The Morgan fingerprint density at radius 3 is 2.41 bits per heavy atom. The first-order valence-electron chi connectivity index (χ1n) is 8.84. The standard InChI is InChI=1S/C16H35N5O/c1-4-17-16(18-8-7-15-22-6-3)19-9-10-21-13-11-20(5-2)12-14-21/h4-15H2,1-3H3,(H2,17,18,19). The van der Waals surface area contributed by atoms with Gasteiger partial charge in [-0.2, -0.15) is 0 Å². The first kappa shape index (κ1) is 19.2. The Hall–Kier alpha value is -0.850. The summed E-state index contributed by atoms with van der Waals surface area (Å²) in [5.41, 5.74) is 0. The fourth-order valence-corrected chi connectivity index (χ4v) is 2.51. The van der Waals surface area contributed by atoms with Crippen LogP contribution in [0.3, 0.4) is 0 Å². The summed E-state index contributed by atoms with van der Waals surface area (Å²) in [5, 5.41) is 6.73. The summed E-state index contributed by atoms with van der Waals surface area (Å²) in [6.07, 6.45) is 0.976. The summed E-state index contributed by atoms with van der Waals surface area (Å²) in [6.45, 7) is 17.6. The summed E-state index contributed by atoms with van der Waals surface area (Å²) in [4.78, 5) is 9.61. The highest BCUT2D eigenvalue weighted by atomic mass is 16.5. The number of nitrogens with zero attached hydrogens (tertiary/aromatic N) is 3. The molecule has 0 unspecified atom stereocenters. The van der Waals surface area contributed by atoms with Gasteiger partial charge in [0, 0.05) is 65.6 Å². The number of guanidine groups is 1. The van der Waals surface area contributed by atoms with Gasteiger partial charge in [-0.1, -0.05) is 6.92 Å². The zero-order chi connectivity index (χ0) is 16.0. The normalized spacial score (nSPS) is 17.7. The third-order valence-electron chi connectivity index (χ3n) is 3.90. The predicted octanol–water partition coefficient (Wildman–Crippen LogP) is 0.606. The molecule has 0 aromatic carbocycles. The summed E-state index contributed by atoms with van der Waals surface area (Å²) in [5.74, 6) is 0.922. The lowest BCUT2D eigenvalue weighted by Gasteiger charge is -2.34. The third-order valence-corrected chi connectivity index (χ3v) is 3.90. The van der Waals surface area contributed by atoms with Crippen molar-refractivity contribution in [2.45, 2.75) is 27.2 Å². The highest BCUT2D eigenvalue weighted by Gasteiger charge is 2.14. The average Bonchev–Trinajstić information content (AvgIpc) is 2.55. The van der Waals surface area contributed by atoms with Crippen LogP contribution in [0.25, 0.3) is 0 Å². The molecule has 0 spiro atoms. The molecular formula is C16H35N5O. The molecule has 1 aliphatic rings. The first-order chi connectivity index (χ1) is 10.8. The molecule has 6 heteroatoms. The van der Waals surface area contributed by atoms with Crippen molar-refractivity contribution in [3.63, 3.8) is 0 Å². The van der Waals surface area contributed by atoms with Crippen LogP contribution in [0.5, 0.6) is 0 Å². The van der Waals surface area contributed by atoms with Gasteiger partial charge in [0.05, 0.1) is 0 Å². The second-order valence-corrected chi connectivity index (χ2v) is 5.51. The van der Waals surface area contributed by atoms with E-state index in [0.29, 0.717) is 0 Å². The van der Waals surface area contributed by atoms with Crippen molar-refractivity contribution in [3.8, 4) is 0 Å². The Kier molecular flexibility index (Phi) is 11.1. The number of hydrogen-bond acceptors (Lipinski definition) is 4. The Balaban J connectivity index is 2.16. The van der Waals surface area contributed by atoms with E-state index in [0.717, 1.165) is 51.8 Å². The highest BCUT2D eigenvalue weighted by Crippen LogP contribution is 1.99. The van der Waals surface area contributed by atoms with Crippen LogP contribution in [-0.2, 0) is 4.74 Å². The number of rotatable bonds is 10. The van der Waals surface area contributed by atoms with E-state index in [9.17, 15) is 0 Å². The average molecular weight is 313 g/mol. The molecule has 1 fully saturated rings. The van der Waals surface area contributed by atoms with E-state index < -0.39 is 0 Å².